The molecule has 7 nitrogen and oxygen atoms in total. The molecule has 0 aliphatic carbocycles. The van der Waals surface area contributed by atoms with E-state index in [0.29, 0.717) is 13.0 Å². The number of unbranched alkanes of at least 4 members (excludes halogenated alkanes) is 1. The minimum absolute atomic E-state index is 0.0660. The van der Waals surface area contributed by atoms with E-state index < -0.39 is 34.3 Å². The zero-order valence-corrected chi connectivity index (χ0v) is 24.4. The quantitative estimate of drug-likeness (QED) is 0.282. The second kappa shape index (κ2) is 14.1. The third-order valence-electron chi connectivity index (χ3n) is 6.66. The van der Waals surface area contributed by atoms with E-state index in [4.69, 9.17) is 0 Å². The number of aryl methyl sites for hydroxylation is 2. The normalized spacial score (nSPS) is 12.0. The molecule has 0 spiro atoms. The van der Waals surface area contributed by atoms with Crippen LogP contribution in [-0.2, 0) is 26.2 Å². The molecule has 40 heavy (non-hydrogen) atoms. The fraction of sp³-hybridized carbons (Fsp3) is 0.355. The summed E-state index contributed by atoms with van der Waals surface area (Å²) in [5.41, 5.74) is 2.40. The topological polar surface area (TPSA) is 86.8 Å². The number of anilines is 1. The summed E-state index contributed by atoms with van der Waals surface area (Å²) >= 11 is 0. The molecule has 0 saturated carbocycles. The molecule has 214 valence electrons. The summed E-state index contributed by atoms with van der Waals surface area (Å²) in [4.78, 5) is 28.6. The van der Waals surface area contributed by atoms with Crippen LogP contribution in [0.4, 0.5) is 10.1 Å². The molecule has 3 aromatic rings. The van der Waals surface area contributed by atoms with Crippen LogP contribution in [0, 0.1) is 19.7 Å². The van der Waals surface area contributed by atoms with Gasteiger partial charge in [-0.1, -0.05) is 79.9 Å². The lowest BCUT2D eigenvalue weighted by Crippen LogP contribution is -2.52. The van der Waals surface area contributed by atoms with Gasteiger partial charge in [-0.05, 0) is 56.5 Å². The van der Waals surface area contributed by atoms with Crippen molar-refractivity contribution >= 4 is 27.5 Å². The lowest BCUT2D eigenvalue weighted by atomic mass is 10.1. The number of para-hydroxylation sites is 1. The van der Waals surface area contributed by atoms with Crippen molar-refractivity contribution in [3.8, 4) is 0 Å². The van der Waals surface area contributed by atoms with Gasteiger partial charge in [0.2, 0.25) is 11.8 Å². The monoisotopic (exact) mass is 567 g/mol. The number of rotatable bonds is 13. The molecular formula is C31H38FN3O4S. The average molecular weight is 568 g/mol. The molecule has 0 radical (unpaired) electrons. The number of carbonyl (C=O) groups is 2. The number of halogens is 1. The van der Waals surface area contributed by atoms with Crippen molar-refractivity contribution in [3.63, 3.8) is 0 Å². The molecule has 3 aromatic carbocycles. The molecule has 0 bridgehead atoms. The SMILES string of the molecule is CCCCNC(=O)[C@@H](CC)N(Cc1cccc(C)c1)C(=O)CN(c1ccccc1F)S(=O)(=O)c1ccc(C)cc1. The van der Waals surface area contributed by atoms with E-state index in [1.165, 1.54) is 35.2 Å². The smallest absolute Gasteiger partial charge is 0.264 e. The number of benzene rings is 3. The molecule has 2 amide bonds. The van der Waals surface area contributed by atoms with Gasteiger partial charge in [0.25, 0.3) is 10.0 Å². The molecule has 1 N–H and O–H groups in total. The molecule has 0 aliphatic heterocycles. The predicted molar refractivity (Wildman–Crippen MR) is 156 cm³/mol. The highest BCUT2D eigenvalue weighted by molar-refractivity contribution is 7.92. The van der Waals surface area contributed by atoms with Crippen molar-refractivity contribution in [2.24, 2.45) is 0 Å². The Labute approximate surface area is 237 Å². The first-order valence-electron chi connectivity index (χ1n) is 13.5. The van der Waals surface area contributed by atoms with Gasteiger partial charge >= 0.3 is 0 Å². The first kappa shape index (κ1) is 30.8. The Hall–Kier alpha value is -3.72. The van der Waals surface area contributed by atoms with E-state index in [1.807, 2.05) is 45.0 Å². The molecular weight excluding hydrogens is 529 g/mol. The van der Waals surface area contributed by atoms with Crippen molar-refractivity contribution in [3.05, 3.63) is 95.3 Å². The van der Waals surface area contributed by atoms with Crippen LogP contribution in [0.3, 0.4) is 0 Å². The van der Waals surface area contributed by atoms with Gasteiger partial charge in [0.15, 0.2) is 0 Å². The van der Waals surface area contributed by atoms with Crippen LogP contribution >= 0.6 is 0 Å². The van der Waals surface area contributed by atoms with Gasteiger partial charge < -0.3 is 10.2 Å². The molecule has 1 atom stereocenters. The Morgan fingerprint density at radius 1 is 0.925 bits per heavy atom. The molecule has 0 fully saturated rings. The van der Waals surface area contributed by atoms with E-state index in [0.717, 1.165) is 39.9 Å². The summed E-state index contributed by atoms with van der Waals surface area (Å²) < 4.78 is 43.4. The minimum atomic E-state index is -4.33. The molecule has 0 unspecified atom stereocenters. The average Bonchev–Trinajstić information content (AvgIpc) is 2.92. The Morgan fingerprint density at radius 3 is 2.25 bits per heavy atom. The summed E-state index contributed by atoms with van der Waals surface area (Å²) in [5.74, 6) is -1.70. The number of nitrogens with one attached hydrogen (secondary N) is 1. The largest absolute Gasteiger partial charge is 0.354 e. The Balaban J connectivity index is 2.05. The van der Waals surface area contributed by atoms with Crippen molar-refractivity contribution in [2.45, 2.75) is 64.4 Å². The number of hydrogen-bond acceptors (Lipinski definition) is 4. The number of nitrogens with zero attached hydrogens (tertiary/aromatic N) is 2. The maximum atomic E-state index is 15.0. The second-order valence-electron chi connectivity index (χ2n) is 9.86. The van der Waals surface area contributed by atoms with Crippen LogP contribution in [0.1, 0.15) is 49.8 Å². The van der Waals surface area contributed by atoms with Gasteiger partial charge in [0.05, 0.1) is 10.6 Å². The fourth-order valence-electron chi connectivity index (χ4n) is 4.44. The standard InChI is InChI=1S/C31H38FN3O4S/c1-5-7-19-33-31(37)28(6-2)34(21-25-12-10-11-24(4)20-25)30(36)22-35(29-14-9-8-13-27(29)32)40(38,39)26-17-15-23(3)16-18-26/h8-18,20,28H,5-7,19,21-22H2,1-4H3,(H,33,37)/t28-/m1/s1. The maximum absolute atomic E-state index is 15.0. The summed E-state index contributed by atoms with van der Waals surface area (Å²) in [7, 11) is -4.33. The van der Waals surface area contributed by atoms with Crippen molar-refractivity contribution < 1.29 is 22.4 Å². The minimum Gasteiger partial charge on any atom is -0.354 e. The van der Waals surface area contributed by atoms with Crippen molar-refractivity contribution in [1.82, 2.24) is 10.2 Å². The number of amides is 2. The van der Waals surface area contributed by atoms with E-state index >= 15 is 4.39 Å². The van der Waals surface area contributed by atoms with Gasteiger partial charge in [-0.15, -0.1) is 0 Å². The van der Waals surface area contributed by atoms with Crippen LogP contribution in [0.15, 0.2) is 77.7 Å². The molecule has 9 heteroatoms. The zero-order valence-electron chi connectivity index (χ0n) is 23.6. The molecule has 0 aliphatic rings. The van der Waals surface area contributed by atoms with Crippen molar-refractivity contribution in [1.29, 1.82) is 0 Å². The van der Waals surface area contributed by atoms with E-state index in [2.05, 4.69) is 5.32 Å². The van der Waals surface area contributed by atoms with Crippen LogP contribution in [-0.4, -0.2) is 44.3 Å². The third kappa shape index (κ3) is 7.69. The Bertz CT molecular complexity index is 1410. The van der Waals surface area contributed by atoms with Crippen molar-refractivity contribution in [2.75, 3.05) is 17.4 Å². The first-order valence-corrected chi connectivity index (χ1v) is 15.0. The highest BCUT2D eigenvalue weighted by atomic mass is 32.2. The van der Waals surface area contributed by atoms with Gasteiger partial charge in [0, 0.05) is 13.1 Å². The van der Waals surface area contributed by atoms with E-state index in [-0.39, 0.29) is 23.0 Å². The lowest BCUT2D eigenvalue weighted by molar-refractivity contribution is -0.140. The van der Waals surface area contributed by atoms with Crippen LogP contribution < -0.4 is 9.62 Å². The van der Waals surface area contributed by atoms with Crippen LogP contribution in [0.5, 0.6) is 0 Å². The molecule has 0 aromatic heterocycles. The highest BCUT2D eigenvalue weighted by Crippen LogP contribution is 2.27. The van der Waals surface area contributed by atoms with Crippen LogP contribution in [0.2, 0.25) is 0 Å². The number of carbonyl (C=O) groups excluding carboxylic acids is 2. The summed E-state index contributed by atoms with van der Waals surface area (Å²) in [5, 5.41) is 2.90. The number of hydrogen-bond donors (Lipinski definition) is 1. The maximum Gasteiger partial charge on any atom is 0.264 e. The van der Waals surface area contributed by atoms with Crippen LogP contribution in [0.25, 0.3) is 0 Å². The summed E-state index contributed by atoms with van der Waals surface area (Å²) in [6, 6.07) is 18.3. The second-order valence-corrected chi connectivity index (χ2v) is 11.7. The lowest BCUT2D eigenvalue weighted by Gasteiger charge is -2.33. The van der Waals surface area contributed by atoms with Gasteiger partial charge in [-0.2, -0.15) is 0 Å². The third-order valence-corrected chi connectivity index (χ3v) is 8.43. The summed E-state index contributed by atoms with van der Waals surface area (Å²) in [6.07, 6.45) is 2.02. The number of sulfonamides is 1. The summed E-state index contributed by atoms with van der Waals surface area (Å²) in [6.45, 7) is 7.47. The predicted octanol–water partition coefficient (Wildman–Crippen LogP) is 5.36. The van der Waals surface area contributed by atoms with E-state index in [1.54, 1.807) is 19.1 Å². The Kier molecular flexibility index (Phi) is 10.8. The first-order chi connectivity index (χ1) is 19.1. The molecule has 0 heterocycles. The molecule has 3 rings (SSSR count). The van der Waals surface area contributed by atoms with Gasteiger partial charge in [0.1, 0.15) is 18.4 Å². The van der Waals surface area contributed by atoms with E-state index in [9.17, 15) is 18.0 Å². The van der Waals surface area contributed by atoms with Gasteiger partial charge in [-0.25, -0.2) is 12.8 Å². The Morgan fingerprint density at radius 2 is 1.62 bits per heavy atom. The van der Waals surface area contributed by atoms with Gasteiger partial charge in [-0.3, -0.25) is 13.9 Å². The molecule has 0 saturated heterocycles. The fourth-order valence-corrected chi connectivity index (χ4v) is 5.86. The highest BCUT2D eigenvalue weighted by Gasteiger charge is 2.34. The zero-order chi connectivity index (χ0) is 29.3.